The van der Waals surface area contributed by atoms with Crippen molar-refractivity contribution in [1.82, 2.24) is 9.97 Å². The van der Waals surface area contributed by atoms with Crippen molar-refractivity contribution in [2.24, 2.45) is 0 Å². The van der Waals surface area contributed by atoms with E-state index < -0.39 is 9.73 Å². The first-order chi connectivity index (χ1) is 11.9. The highest BCUT2D eigenvalue weighted by molar-refractivity contribution is 7.92. The smallest absolute Gasteiger partial charge is 0.224 e. The molecule has 2 rings (SSSR count). The summed E-state index contributed by atoms with van der Waals surface area (Å²) in [7, 11) is -2.80. The molecule has 0 bridgehead atoms. The summed E-state index contributed by atoms with van der Waals surface area (Å²) in [5.41, 5.74) is 7.12. The van der Waals surface area contributed by atoms with E-state index in [4.69, 9.17) is 22.1 Å². The van der Waals surface area contributed by atoms with Crippen LogP contribution in [0, 0.1) is 11.7 Å². The van der Waals surface area contributed by atoms with E-state index in [2.05, 4.69) is 15.3 Å². The molecule has 25 heavy (non-hydrogen) atoms. The van der Waals surface area contributed by atoms with Crippen LogP contribution in [0.1, 0.15) is 32.3 Å². The Bertz CT molecular complexity index is 780. The van der Waals surface area contributed by atoms with Gasteiger partial charge in [0.2, 0.25) is 5.28 Å². The molecule has 0 aliphatic carbocycles. The van der Waals surface area contributed by atoms with Crippen molar-refractivity contribution in [1.29, 1.82) is 4.78 Å². The van der Waals surface area contributed by atoms with Gasteiger partial charge in [0.25, 0.3) is 0 Å². The highest BCUT2D eigenvalue weighted by Gasteiger charge is 2.10. The van der Waals surface area contributed by atoms with Gasteiger partial charge in [0.05, 0.1) is 9.73 Å². The maximum Gasteiger partial charge on any atom is 0.224 e. The lowest BCUT2D eigenvalue weighted by atomic mass is 10.3. The zero-order valence-corrected chi connectivity index (χ0v) is 16.5. The van der Waals surface area contributed by atoms with Crippen molar-refractivity contribution >= 4 is 32.8 Å². The summed E-state index contributed by atoms with van der Waals surface area (Å²) in [4.78, 5) is 8.50. The number of rotatable bonds is 7. The van der Waals surface area contributed by atoms with Gasteiger partial charge in [-0.05, 0) is 49.6 Å². The number of unbranched alkanes of at least 4 members (excludes halogenated alkanes) is 1. The van der Waals surface area contributed by atoms with Crippen LogP contribution in [0.25, 0.3) is 0 Å². The zero-order chi connectivity index (χ0) is 18.9. The van der Waals surface area contributed by atoms with Crippen LogP contribution in [0.5, 0.6) is 0 Å². The first kappa shape index (κ1) is 21.2. The van der Waals surface area contributed by atoms with E-state index in [1.54, 1.807) is 30.5 Å². The number of nitrogens with two attached hydrogens (primary N) is 1. The Morgan fingerprint density at radius 1 is 1.32 bits per heavy atom. The van der Waals surface area contributed by atoms with Crippen molar-refractivity contribution in [3.63, 3.8) is 0 Å². The van der Waals surface area contributed by atoms with E-state index in [1.807, 2.05) is 20.8 Å². The molecule has 0 saturated heterocycles. The number of hydrogen-bond donors (Lipinski definition) is 3. The zero-order valence-electron chi connectivity index (χ0n) is 14.9. The van der Waals surface area contributed by atoms with Crippen molar-refractivity contribution < 1.29 is 4.21 Å². The van der Waals surface area contributed by atoms with Gasteiger partial charge in [0.1, 0.15) is 5.82 Å². The van der Waals surface area contributed by atoms with Crippen LogP contribution >= 0.6 is 11.6 Å². The molecule has 0 aliphatic heterocycles. The normalized spacial score (nSPS) is 12.6. The molecule has 1 aromatic carbocycles. The van der Waals surface area contributed by atoms with E-state index in [1.165, 1.54) is 0 Å². The standard InChI is InChI=1S/C15H20ClN5OS.C2H6/c1-11-10-20-15(16)21-14(11)19-7-2-3-8-23(18,22)13-6-4-5-12(17)9-13;1-2/h4-6,9-10,18H,2-3,7-8,17H2,1H3,(H,19,20,21);1-2H3. The van der Waals surface area contributed by atoms with Crippen LogP contribution < -0.4 is 11.1 Å². The molecule has 0 aliphatic rings. The number of benzene rings is 1. The quantitative estimate of drug-likeness (QED) is 0.374. The maximum absolute atomic E-state index is 12.4. The largest absolute Gasteiger partial charge is 0.399 e. The van der Waals surface area contributed by atoms with Gasteiger partial charge in [-0.25, -0.2) is 19.0 Å². The number of hydrogen-bond acceptors (Lipinski definition) is 6. The fourth-order valence-corrected chi connectivity index (χ4v) is 3.68. The van der Waals surface area contributed by atoms with Crippen molar-refractivity contribution in [2.75, 3.05) is 23.3 Å². The molecule has 1 heterocycles. The molecule has 0 amide bonds. The van der Waals surface area contributed by atoms with Crippen molar-refractivity contribution in [2.45, 2.75) is 38.5 Å². The Morgan fingerprint density at radius 2 is 2.04 bits per heavy atom. The minimum Gasteiger partial charge on any atom is -0.399 e. The monoisotopic (exact) mass is 383 g/mol. The number of anilines is 2. The number of aromatic nitrogens is 2. The lowest BCUT2D eigenvalue weighted by molar-refractivity contribution is 0.670. The van der Waals surface area contributed by atoms with E-state index in [-0.39, 0.29) is 5.28 Å². The predicted octanol–water partition coefficient (Wildman–Crippen LogP) is 4.34. The van der Waals surface area contributed by atoms with E-state index in [0.29, 0.717) is 35.1 Å². The summed E-state index contributed by atoms with van der Waals surface area (Å²) in [6.07, 6.45) is 3.11. The lowest BCUT2D eigenvalue weighted by Gasteiger charge is -2.10. The molecule has 0 fully saturated rings. The molecule has 1 atom stereocenters. The van der Waals surface area contributed by atoms with Crippen LogP contribution in [0.4, 0.5) is 11.5 Å². The van der Waals surface area contributed by atoms with Gasteiger partial charge in [-0.15, -0.1) is 0 Å². The van der Waals surface area contributed by atoms with Gasteiger partial charge in [0, 0.05) is 34.6 Å². The second kappa shape index (κ2) is 10.2. The minimum absolute atomic E-state index is 0.203. The topological polar surface area (TPSA) is 105 Å². The first-order valence-corrected chi connectivity index (χ1v) is 10.3. The average Bonchev–Trinajstić information content (AvgIpc) is 2.59. The molecule has 0 saturated carbocycles. The van der Waals surface area contributed by atoms with Gasteiger partial charge in [0.15, 0.2) is 0 Å². The molecule has 138 valence electrons. The highest BCUT2D eigenvalue weighted by atomic mass is 35.5. The fraction of sp³-hybridized carbons (Fsp3) is 0.412. The minimum atomic E-state index is -2.80. The number of nitrogens with one attached hydrogen (secondary N) is 2. The molecular formula is C17H26ClN5OS. The number of aryl methyl sites for hydroxylation is 1. The lowest BCUT2D eigenvalue weighted by Crippen LogP contribution is -2.10. The Hall–Kier alpha value is -1.86. The molecule has 6 nitrogen and oxygen atoms in total. The third-order valence-corrected chi connectivity index (χ3v) is 5.39. The second-order valence-electron chi connectivity index (χ2n) is 5.26. The Morgan fingerprint density at radius 3 is 2.72 bits per heavy atom. The summed E-state index contributed by atoms with van der Waals surface area (Å²) in [6.45, 7) is 6.57. The molecule has 2 aromatic rings. The van der Waals surface area contributed by atoms with Gasteiger partial charge in [-0.1, -0.05) is 19.9 Å². The SMILES string of the molecule is CC.Cc1cnc(Cl)nc1NCCCCS(=N)(=O)c1cccc(N)c1. The van der Waals surface area contributed by atoms with Gasteiger partial charge >= 0.3 is 0 Å². The summed E-state index contributed by atoms with van der Waals surface area (Å²) in [5.74, 6) is 1.01. The van der Waals surface area contributed by atoms with Crippen LogP contribution in [-0.4, -0.2) is 26.5 Å². The second-order valence-corrected chi connectivity index (χ2v) is 7.82. The summed E-state index contributed by atoms with van der Waals surface area (Å²) in [5, 5.41) is 3.38. The fourth-order valence-electron chi connectivity index (χ4n) is 2.07. The van der Waals surface area contributed by atoms with Crippen molar-refractivity contribution in [3.8, 4) is 0 Å². The van der Waals surface area contributed by atoms with Crippen LogP contribution in [0.15, 0.2) is 35.4 Å². The molecule has 1 unspecified atom stereocenters. The summed E-state index contributed by atoms with van der Waals surface area (Å²) >= 11 is 5.76. The number of nitrogen functional groups attached to an aromatic ring is 1. The summed E-state index contributed by atoms with van der Waals surface area (Å²) < 4.78 is 20.5. The number of nitrogens with zero attached hydrogens (tertiary/aromatic N) is 2. The van der Waals surface area contributed by atoms with Gasteiger partial charge < -0.3 is 11.1 Å². The van der Waals surface area contributed by atoms with Crippen LogP contribution in [0.3, 0.4) is 0 Å². The van der Waals surface area contributed by atoms with E-state index in [0.717, 1.165) is 12.0 Å². The molecule has 4 N–H and O–H groups in total. The van der Waals surface area contributed by atoms with Crippen LogP contribution in [0.2, 0.25) is 5.28 Å². The Kier molecular flexibility index (Phi) is 8.65. The predicted molar refractivity (Wildman–Crippen MR) is 106 cm³/mol. The van der Waals surface area contributed by atoms with Crippen LogP contribution in [-0.2, 0) is 9.73 Å². The Balaban J connectivity index is 0.00000151. The third kappa shape index (κ3) is 6.88. The third-order valence-electron chi connectivity index (χ3n) is 3.33. The van der Waals surface area contributed by atoms with Gasteiger partial charge in [-0.3, -0.25) is 0 Å². The maximum atomic E-state index is 12.4. The molecule has 0 spiro atoms. The van der Waals surface area contributed by atoms with E-state index >= 15 is 0 Å². The summed E-state index contributed by atoms with van der Waals surface area (Å²) in [6, 6.07) is 6.75. The Labute approximate surface area is 155 Å². The molecule has 1 aromatic heterocycles. The molecular weight excluding hydrogens is 358 g/mol. The average molecular weight is 384 g/mol. The van der Waals surface area contributed by atoms with E-state index in [9.17, 15) is 4.21 Å². The highest BCUT2D eigenvalue weighted by Crippen LogP contribution is 2.17. The van der Waals surface area contributed by atoms with Gasteiger partial charge in [-0.2, -0.15) is 0 Å². The first-order valence-electron chi connectivity index (χ1n) is 8.23. The molecule has 8 heteroatoms. The molecule has 0 radical (unpaired) electrons. The number of halogens is 1. The van der Waals surface area contributed by atoms with Crippen molar-refractivity contribution in [3.05, 3.63) is 41.3 Å².